The van der Waals surface area contributed by atoms with Crippen LogP contribution in [0.5, 0.6) is 0 Å². The fourth-order valence-electron chi connectivity index (χ4n) is 0.808. The van der Waals surface area contributed by atoms with Gasteiger partial charge in [0.1, 0.15) is 12.4 Å². The highest BCUT2D eigenvalue weighted by molar-refractivity contribution is 5.21. The highest BCUT2D eigenvalue weighted by Gasteiger charge is 2.37. The lowest BCUT2D eigenvalue weighted by Gasteiger charge is -2.15. The molecule has 0 aliphatic heterocycles. The summed E-state index contributed by atoms with van der Waals surface area (Å²) >= 11 is 0. The van der Waals surface area contributed by atoms with Gasteiger partial charge in [0.25, 0.3) is 0 Å². The largest absolute Gasteiger partial charge is 0.414 e. The standard InChI is InChI=1S/C8H7F3N2O/c1-5(8(9,10)11)7(14)6-2-12-4-13-3-6/h2-4,7,14H,1H2. The molecule has 0 spiro atoms. The molecule has 1 aromatic heterocycles. The Hall–Kier alpha value is -1.43. The lowest BCUT2D eigenvalue weighted by molar-refractivity contribution is -0.105. The van der Waals surface area contributed by atoms with Gasteiger partial charge < -0.3 is 5.11 Å². The van der Waals surface area contributed by atoms with E-state index >= 15 is 0 Å². The van der Waals surface area contributed by atoms with Crippen molar-refractivity contribution in [1.29, 1.82) is 0 Å². The van der Waals surface area contributed by atoms with Gasteiger partial charge in [0.2, 0.25) is 0 Å². The Morgan fingerprint density at radius 1 is 1.36 bits per heavy atom. The van der Waals surface area contributed by atoms with Crippen molar-refractivity contribution in [2.75, 3.05) is 0 Å². The monoisotopic (exact) mass is 204 g/mol. The van der Waals surface area contributed by atoms with E-state index in [-0.39, 0.29) is 5.56 Å². The molecule has 1 heterocycles. The van der Waals surface area contributed by atoms with Crippen molar-refractivity contribution in [3.63, 3.8) is 0 Å². The van der Waals surface area contributed by atoms with E-state index in [9.17, 15) is 18.3 Å². The van der Waals surface area contributed by atoms with Gasteiger partial charge in [-0.3, -0.25) is 0 Å². The van der Waals surface area contributed by atoms with Crippen LogP contribution in [0.25, 0.3) is 0 Å². The molecule has 76 valence electrons. The minimum Gasteiger partial charge on any atom is -0.384 e. The highest BCUT2D eigenvalue weighted by atomic mass is 19.4. The molecule has 6 heteroatoms. The third kappa shape index (κ3) is 2.29. The lowest BCUT2D eigenvalue weighted by atomic mass is 10.1. The fourth-order valence-corrected chi connectivity index (χ4v) is 0.808. The van der Waals surface area contributed by atoms with Gasteiger partial charge in [-0.15, -0.1) is 0 Å². The number of rotatable bonds is 2. The van der Waals surface area contributed by atoms with Gasteiger partial charge in [-0.25, -0.2) is 9.97 Å². The molecule has 0 radical (unpaired) electrons. The molecule has 0 bridgehead atoms. The van der Waals surface area contributed by atoms with Crippen LogP contribution in [-0.4, -0.2) is 21.3 Å². The first-order valence-electron chi connectivity index (χ1n) is 3.62. The Kier molecular flexibility index (Phi) is 2.85. The third-order valence-electron chi connectivity index (χ3n) is 1.59. The van der Waals surface area contributed by atoms with Gasteiger partial charge in [-0.2, -0.15) is 13.2 Å². The molecule has 0 aromatic carbocycles. The maximum absolute atomic E-state index is 12.1. The summed E-state index contributed by atoms with van der Waals surface area (Å²) < 4.78 is 36.3. The molecule has 1 rings (SSSR count). The zero-order chi connectivity index (χ0) is 10.8. The SMILES string of the molecule is C=C(C(O)c1cncnc1)C(F)(F)F. The van der Waals surface area contributed by atoms with Crippen molar-refractivity contribution in [2.45, 2.75) is 12.3 Å². The maximum atomic E-state index is 12.1. The number of nitrogens with zero attached hydrogens (tertiary/aromatic N) is 2. The molecule has 1 N–H and O–H groups in total. The highest BCUT2D eigenvalue weighted by Crippen LogP contribution is 2.33. The molecule has 1 aromatic rings. The molecule has 1 atom stereocenters. The van der Waals surface area contributed by atoms with Crippen LogP contribution in [0, 0.1) is 0 Å². The fraction of sp³-hybridized carbons (Fsp3) is 0.250. The van der Waals surface area contributed by atoms with Crippen LogP contribution in [-0.2, 0) is 0 Å². The van der Waals surface area contributed by atoms with Crippen molar-refractivity contribution in [3.8, 4) is 0 Å². The normalized spacial score (nSPS) is 13.7. The average molecular weight is 204 g/mol. The number of halogens is 3. The van der Waals surface area contributed by atoms with Crippen LogP contribution in [0.1, 0.15) is 11.7 Å². The molecule has 0 fully saturated rings. The van der Waals surface area contributed by atoms with E-state index in [1.54, 1.807) is 0 Å². The van der Waals surface area contributed by atoms with E-state index < -0.39 is 17.9 Å². The Balaban J connectivity index is 2.87. The maximum Gasteiger partial charge on any atom is 0.414 e. The van der Waals surface area contributed by atoms with Crippen LogP contribution < -0.4 is 0 Å². The molecular weight excluding hydrogens is 197 g/mol. The van der Waals surface area contributed by atoms with E-state index in [1.807, 2.05) is 0 Å². The molecular formula is C8H7F3N2O. The van der Waals surface area contributed by atoms with Crippen molar-refractivity contribution in [2.24, 2.45) is 0 Å². The second-order valence-electron chi connectivity index (χ2n) is 2.60. The summed E-state index contributed by atoms with van der Waals surface area (Å²) in [6.45, 7) is 2.77. The summed E-state index contributed by atoms with van der Waals surface area (Å²) in [5.41, 5.74) is -1.26. The predicted octanol–water partition coefficient (Wildman–Crippen LogP) is 1.63. The summed E-state index contributed by atoms with van der Waals surface area (Å²) in [6, 6.07) is 0. The average Bonchev–Trinajstić information content (AvgIpc) is 2.15. The number of alkyl halides is 3. The minimum absolute atomic E-state index is 0.0326. The van der Waals surface area contributed by atoms with Crippen LogP contribution in [0.3, 0.4) is 0 Å². The van der Waals surface area contributed by atoms with Gasteiger partial charge in [0, 0.05) is 18.0 Å². The lowest BCUT2D eigenvalue weighted by Crippen LogP contribution is -2.17. The Morgan fingerprint density at radius 2 is 1.86 bits per heavy atom. The molecule has 0 saturated carbocycles. The summed E-state index contributed by atoms with van der Waals surface area (Å²) in [7, 11) is 0. The van der Waals surface area contributed by atoms with Crippen molar-refractivity contribution in [3.05, 3.63) is 36.4 Å². The summed E-state index contributed by atoms with van der Waals surface area (Å²) in [6.07, 6.45) is -3.05. The number of hydrogen-bond acceptors (Lipinski definition) is 3. The van der Waals surface area contributed by atoms with Gasteiger partial charge in [-0.05, 0) is 0 Å². The smallest absolute Gasteiger partial charge is 0.384 e. The molecule has 3 nitrogen and oxygen atoms in total. The second-order valence-corrected chi connectivity index (χ2v) is 2.60. The number of aliphatic hydroxyl groups is 1. The number of hydrogen-bond donors (Lipinski definition) is 1. The van der Waals surface area contributed by atoms with E-state index in [1.165, 1.54) is 0 Å². The summed E-state index contributed by atoms with van der Waals surface area (Å²) in [4.78, 5) is 6.98. The van der Waals surface area contributed by atoms with E-state index in [0.717, 1.165) is 18.7 Å². The van der Waals surface area contributed by atoms with E-state index in [2.05, 4.69) is 16.5 Å². The molecule has 0 amide bonds. The molecule has 0 saturated heterocycles. The summed E-state index contributed by atoms with van der Waals surface area (Å²) in [5.74, 6) is 0. The molecule has 14 heavy (non-hydrogen) atoms. The topological polar surface area (TPSA) is 46.0 Å². The van der Waals surface area contributed by atoms with Crippen LogP contribution in [0.4, 0.5) is 13.2 Å². The van der Waals surface area contributed by atoms with Crippen LogP contribution >= 0.6 is 0 Å². The molecule has 0 aliphatic carbocycles. The van der Waals surface area contributed by atoms with Crippen LogP contribution in [0.2, 0.25) is 0 Å². The van der Waals surface area contributed by atoms with Gasteiger partial charge in [0.15, 0.2) is 0 Å². The number of aliphatic hydroxyl groups excluding tert-OH is 1. The first kappa shape index (κ1) is 10.6. The third-order valence-corrected chi connectivity index (χ3v) is 1.59. The van der Waals surface area contributed by atoms with Gasteiger partial charge in [0.05, 0.1) is 5.57 Å². The van der Waals surface area contributed by atoms with Crippen molar-refractivity contribution >= 4 is 0 Å². The Bertz CT molecular complexity index is 323. The quantitative estimate of drug-likeness (QED) is 0.744. The van der Waals surface area contributed by atoms with Crippen molar-refractivity contribution < 1.29 is 18.3 Å². The summed E-state index contributed by atoms with van der Waals surface area (Å²) in [5, 5.41) is 9.23. The molecule has 1 unspecified atom stereocenters. The zero-order valence-electron chi connectivity index (χ0n) is 6.99. The predicted molar refractivity (Wildman–Crippen MR) is 42.2 cm³/mol. The minimum atomic E-state index is -4.62. The number of aromatic nitrogens is 2. The van der Waals surface area contributed by atoms with Gasteiger partial charge in [-0.1, -0.05) is 6.58 Å². The van der Waals surface area contributed by atoms with Gasteiger partial charge >= 0.3 is 6.18 Å². The Morgan fingerprint density at radius 3 is 2.29 bits per heavy atom. The Labute approximate surface area is 77.9 Å². The van der Waals surface area contributed by atoms with E-state index in [4.69, 9.17) is 0 Å². The zero-order valence-corrected chi connectivity index (χ0v) is 6.99. The first-order chi connectivity index (χ1) is 6.43. The second kappa shape index (κ2) is 3.75. The van der Waals surface area contributed by atoms with Crippen LogP contribution in [0.15, 0.2) is 30.9 Å². The van der Waals surface area contributed by atoms with Crippen molar-refractivity contribution in [1.82, 2.24) is 9.97 Å². The molecule has 0 aliphatic rings. The van der Waals surface area contributed by atoms with E-state index in [0.29, 0.717) is 0 Å². The first-order valence-corrected chi connectivity index (χ1v) is 3.62.